The summed E-state index contributed by atoms with van der Waals surface area (Å²) in [5.41, 5.74) is 3.63. The highest BCUT2D eigenvalue weighted by Crippen LogP contribution is 2.30. The lowest BCUT2D eigenvalue weighted by Gasteiger charge is -2.27. The van der Waals surface area contributed by atoms with Crippen LogP contribution in [0.2, 0.25) is 5.02 Å². The molecule has 1 saturated heterocycles. The SMILES string of the molecule is CC1(c2cccc(CNC(=O)N3CCc4[nH]c5ccc(Cl)cc5c4C3)c2)NC(=O)NC1=O. The molecule has 5 rings (SSSR count). The van der Waals surface area contributed by atoms with E-state index in [0.29, 0.717) is 30.2 Å². The highest BCUT2D eigenvalue weighted by molar-refractivity contribution is 6.31. The van der Waals surface area contributed by atoms with Crippen LogP contribution in [0.5, 0.6) is 0 Å². The van der Waals surface area contributed by atoms with E-state index < -0.39 is 17.5 Å². The maximum atomic E-state index is 12.9. The van der Waals surface area contributed by atoms with Crippen molar-refractivity contribution in [1.29, 1.82) is 0 Å². The minimum absolute atomic E-state index is 0.157. The second-order valence-corrected chi connectivity index (χ2v) is 8.77. The average molecular weight is 452 g/mol. The zero-order valence-corrected chi connectivity index (χ0v) is 18.2. The van der Waals surface area contributed by atoms with Gasteiger partial charge in [-0.1, -0.05) is 35.9 Å². The van der Waals surface area contributed by atoms with E-state index in [-0.39, 0.29) is 6.03 Å². The normalized spacial score (nSPS) is 20.1. The molecule has 2 aliphatic heterocycles. The fraction of sp³-hybridized carbons (Fsp3) is 0.261. The summed E-state index contributed by atoms with van der Waals surface area (Å²) in [5.74, 6) is -0.397. The minimum atomic E-state index is -1.13. The summed E-state index contributed by atoms with van der Waals surface area (Å²) in [6.07, 6.45) is 0.748. The van der Waals surface area contributed by atoms with Crippen molar-refractivity contribution in [1.82, 2.24) is 25.8 Å². The Bertz CT molecular complexity index is 1270. The summed E-state index contributed by atoms with van der Waals surface area (Å²) in [4.78, 5) is 41.8. The van der Waals surface area contributed by atoms with Crippen molar-refractivity contribution in [3.63, 3.8) is 0 Å². The van der Waals surface area contributed by atoms with E-state index in [1.165, 1.54) is 0 Å². The maximum absolute atomic E-state index is 12.9. The lowest BCUT2D eigenvalue weighted by atomic mass is 9.91. The largest absolute Gasteiger partial charge is 0.358 e. The molecule has 1 atom stereocenters. The second kappa shape index (κ2) is 7.56. The number of nitrogens with one attached hydrogen (secondary N) is 4. The van der Waals surface area contributed by atoms with Gasteiger partial charge in [0.1, 0.15) is 5.54 Å². The topological polar surface area (TPSA) is 106 Å². The monoisotopic (exact) mass is 451 g/mol. The van der Waals surface area contributed by atoms with Crippen molar-refractivity contribution >= 4 is 40.5 Å². The highest BCUT2D eigenvalue weighted by atomic mass is 35.5. The number of H-pyrrole nitrogens is 1. The molecule has 5 amide bonds. The third-order valence-corrected chi connectivity index (χ3v) is 6.45. The number of aromatic nitrogens is 1. The lowest BCUT2D eigenvalue weighted by Crippen LogP contribution is -2.42. The molecule has 3 aromatic rings. The van der Waals surface area contributed by atoms with Crippen molar-refractivity contribution in [2.75, 3.05) is 6.54 Å². The first-order valence-corrected chi connectivity index (χ1v) is 10.8. The van der Waals surface area contributed by atoms with Crippen LogP contribution >= 0.6 is 11.6 Å². The molecule has 1 aromatic heterocycles. The van der Waals surface area contributed by atoms with Crippen LogP contribution in [-0.4, -0.2) is 34.4 Å². The molecular formula is C23H22ClN5O3. The fourth-order valence-corrected chi connectivity index (χ4v) is 4.56. The van der Waals surface area contributed by atoms with E-state index in [1.54, 1.807) is 17.9 Å². The Labute approximate surface area is 189 Å². The number of urea groups is 2. The van der Waals surface area contributed by atoms with Gasteiger partial charge in [0, 0.05) is 53.2 Å². The molecular weight excluding hydrogens is 430 g/mol. The molecule has 1 fully saturated rings. The summed E-state index contributed by atoms with van der Waals surface area (Å²) in [7, 11) is 0. The quantitative estimate of drug-likeness (QED) is 0.459. The van der Waals surface area contributed by atoms with Crippen LogP contribution in [0.4, 0.5) is 9.59 Å². The first-order chi connectivity index (χ1) is 15.3. The van der Waals surface area contributed by atoms with Gasteiger partial charge < -0.3 is 20.5 Å². The van der Waals surface area contributed by atoms with Gasteiger partial charge in [-0.3, -0.25) is 10.1 Å². The molecule has 32 heavy (non-hydrogen) atoms. The number of rotatable bonds is 3. The van der Waals surface area contributed by atoms with Gasteiger partial charge >= 0.3 is 12.1 Å². The number of hydrogen-bond acceptors (Lipinski definition) is 3. The van der Waals surface area contributed by atoms with Crippen molar-refractivity contribution in [2.24, 2.45) is 0 Å². The van der Waals surface area contributed by atoms with Crippen molar-refractivity contribution in [2.45, 2.75) is 32.0 Å². The molecule has 1 unspecified atom stereocenters. The summed E-state index contributed by atoms with van der Waals surface area (Å²) in [6.45, 7) is 3.08. The van der Waals surface area contributed by atoms with Crippen LogP contribution in [0.3, 0.4) is 0 Å². The number of carbonyl (C=O) groups is 3. The number of hydrogen-bond donors (Lipinski definition) is 4. The van der Waals surface area contributed by atoms with Crippen molar-refractivity contribution in [3.05, 3.63) is 69.9 Å². The third-order valence-electron chi connectivity index (χ3n) is 6.22. The number of imide groups is 1. The van der Waals surface area contributed by atoms with Gasteiger partial charge in [-0.2, -0.15) is 0 Å². The average Bonchev–Trinajstić information content (AvgIpc) is 3.27. The first-order valence-electron chi connectivity index (χ1n) is 10.4. The Morgan fingerprint density at radius 1 is 1.22 bits per heavy atom. The van der Waals surface area contributed by atoms with Crippen LogP contribution in [0.25, 0.3) is 10.9 Å². The molecule has 0 spiro atoms. The number of halogens is 1. The summed E-state index contributed by atoms with van der Waals surface area (Å²) in [6, 6.07) is 12.4. The van der Waals surface area contributed by atoms with Crippen molar-refractivity contribution < 1.29 is 14.4 Å². The predicted molar refractivity (Wildman–Crippen MR) is 120 cm³/mol. The van der Waals surface area contributed by atoms with Gasteiger partial charge in [-0.25, -0.2) is 9.59 Å². The molecule has 9 heteroatoms. The van der Waals surface area contributed by atoms with Gasteiger partial charge in [0.05, 0.1) is 0 Å². The molecule has 3 heterocycles. The molecule has 0 bridgehead atoms. The standard InChI is InChI=1S/C23H22ClN5O3/c1-23(20(30)27-21(31)28-23)14-4-2-3-13(9-14)11-25-22(32)29-8-7-19-17(12-29)16-10-15(24)5-6-18(16)26-19/h2-6,9-10,26H,7-8,11-12H2,1H3,(H,25,32)(H2,27,28,30,31). The van der Waals surface area contributed by atoms with Gasteiger partial charge in [0.25, 0.3) is 5.91 Å². The van der Waals surface area contributed by atoms with E-state index in [2.05, 4.69) is 20.9 Å². The second-order valence-electron chi connectivity index (χ2n) is 8.34. The Morgan fingerprint density at radius 2 is 2.06 bits per heavy atom. The van der Waals surface area contributed by atoms with Crippen LogP contribution in [-0.2, 0) is 29.8 Å². The van der Waals surface area contributed by atoms with Crippen LogP contribution in [0, 0.1) is 0 Å². The minimum Gasteiger partial charge on any atom is -0.358 e. The van der Waals surface area contributed by atoms with E-state index >= 15 is 0 Å². The molecule has 0 radical (unpaired) electrons. The summed E-state index contributed by atoms with van der Waals surface area (Å²) < 4.78 is 0. The van der Waals surface area contributed by atoms with Gasteiger partial charge in [-0.05, 0) is 36.2 Å². The maximum Gasteiger partial charge on any atom is 0.322 e. The number of fused-ring (bicyclic) bond motifs is 3. The number of nitrogens with zero attached hydrogens (tertiary/aromatic N) is 1. The van der Waals surface area contributed by atoms with Gasteiger partial charge in [-0.15, -0.1) is 0 Å². The third kappa shape index (κ3) is 3.46. The first kappa shape index (κ1) is 20.4. The van der Waals surface area contributed by atoms with E-state index in [9.17, 15) is 14.4 Å². The van der Waals surface area contributed by atoms with Gasteiger partial charge in [0.2, 0.25) is 0 Å². The molecule has 164 valence electrons. The molecule has 4 N–H and O–H groups in total. The zero-order chi connectivity index (χ0) is 22.5. The Kier molecular flexibility index (Phi) is 4.82. The molecule has 8 nitrogen and oxygen atoms in total. The molecule has 2 aromatic carbocycles. The smallest absolute Gasteiger partial charge is 0.322 e. The lowest BCUT2D eigenvalue weighted by molar-refractivity contribution is -0.123. The van der Waals surface area contributed by atoms with Crippen LogP contribution < -0.4 is 16.0 Å². The molecule has 2 aliphatic rings. The molecule has 0 saturated carbocycles. The van der Waals surface area contributed by atoms with Crippen LogP contribution in [0.1, 0.15) is 29.3 Å². The summed E-state index contributed by atoms with van der Waals surface area (Å²) >= 11 is 6.17. The predicted octanol–water partition coefficient (Wildman–Crippen LogP) is 3.14. The number of benzene rings is 2. The van der Waals surface area contributed by atoms with Crippen molar-refractivity contribution in [3.8, 4) is 0 Å². The Balaban J connectivity index is 1.28. The van der Waals surface area contributed by atoms with Crippen LogP contribution in [0.15, 0.2) is 42.5 Å². The molecule has 0 aliphatic carbocycles. The zero-order valence-electron chi connectivity index (χ0n) is 17.4. The Morgan fingerprint density at radius 3 is 2.84 bits per heavy atom. The number of amides is 5. The number of aromatic amines is 1. The fourth-order valence-electron chi connectivity index (χ4n) is 4.39. The van der Waals surface area contributed by atoms with E-state index in [0.717, 1.165) is 34.1 Å². The highest BCUT2D eigenvalue weighted by Gasteiger charge is 2.43. The van der Waals surface area contributed by atoms with E-state index in [1.807, 2.05) is 36.4 Å². The van der Waals surface area contributed by atoms with E-state index in [4.69, 9.17) is 11.6 Å². The van der Waals surface area contributed by atoms with Gasteiger partial charge in [0.15, 0.2) is 0 Å². The number of carbonyl (C=O) groups excluding carboxylic acids is 3. The summed E-state index contributed by atoms with van der Waals surface area (Å²) in [5, 5.41) is 9.60. The Hall–Kier alpha value is -3.52.